The summed E-state index contributed by atoms with van der Waals surface area (Å²) in [5, 5.41) is 0. The molecule has 0 aliphatic rings. The van der Waals surface area contributed by atoms with Crippen molar-refractivity contribution in [3.05, 3.63) is 22.8 Å². The van der Waals surface area contributed by atoms with Crippen molar-refractivity contribution in [3.63, 3.8) is 0 Å². The fraction of sp³-hybridized carbons (Fsp3) is 0.375. The molecular formula is C8H11BrN2O. The summed E-state index contributed by atoms with van der Waals surface area (Å²) in [6, 6.07) is 3.69. The monoisotopic (exact) mass is 230 g/mol. The van der Waals surface area contributed by atoms with Crippen LogP contribution in [0.3, 0.4) is 0 Å². The summed E-state index contributed by atoms with van der Waals surface area (Å²) in [4.78, 5) is 4.02. The number of nitrogens with two attached hydrogens (primary N) is 1. The molecule has 0 saturated carbocycles. The maximum absolute atomic E-state index is 5.31. The summed E-state index contributed by atoms with van der Waals surface area (Å²) in [5.41, 5.74) is 5.31. The minimum absolute atomic E-state index is 0.625. The molecule has 1 heterocycles. The van der Waals surface area contributed by atoms with Gasteiger partial charge in [-0.1, -0.05) is 15.9 Å². The standard InChI is InChI=1S/C8H11BrN2O/c9-7-2-4-11-8(6-7)12-5-1-3-10/h2,4,6H,1,3,5,10H2. The number of pyridine rings is 1. The van der Waals surface area contributed by atoms with Crippen LogP contribution in [0.25, 0.3) is 0 Å². The average Bonchev–Trinajstić information content (AvgIpc) is 2.05. The third-order valence-corrected chi connectivity index (χ3v) is 1.79. The molecule has 0 unspecified atom stereocenters. The van der Waals surface area contributed by atoms with E-state index in [0.717, 1.165) is 10.9 Å². The summed E-state index contributed by atoms with van der Waals surface area (Å²) >= 11 is 3.33. The van der Waals surface area contributed by atoms with E-state index >= 15 is 0 Å². The molecule has 0 aromatic carbocycles. The van der Waals surface area contributed by atoms with E-state index in [-0.39, 0.29) is 0 Å². The second kappa shape index (κ2) is 5.11. The second-order valence-electron chi connectivity index (χ2n) is 2.30. The predicted octanol–water partition coefficient (Wildman–Crippen LogP) is 1.57. The number of hydrogen-bond donors (Lipinski definition) is 1. The third-order valence-electron chi connectivity index (χ3n) is 1.30. The van der Waals surface area contributed by atoms with Crippen molar-refractivity contribution in [2.45, 2.75) is 6.42 Å². The van der Waals surface area contributed by atoms with Crippen LogP contribution in [0.5, 0.6) is 5.88 Å². The van der Waals surface area contributed by atoms with Gasteiger partial charge in [0.1, 0.15) is 0 Å². The van der Waals surface area contributed by atoms with Crippen LogP contribution in [-0.2, 0) is 0 Å². The predicted molar refractivity (Wildman–Crippen MR) is 51.1 cm³/mol. The number of hydrogen-bond acceptors (Lipinski definition) is 3. The van der Waals surface area contributed by atoms with Crippen LogP contribution in [0.1, 0.15) is 6.42 Å². The Balaban J connectivity index is 2.41. The first-order valence-corrected chi connectivity index (χ1v) is 4.56. The molecule has 0 aliphatic carbocycles. The van der Waals surface area contributed by atoms with Crippen molar-refractivity contribution in [3.8, 4) is 5.88 Å². The molecule has 0 aliphatic heterocycles. The summed E-state index contributed by atoms with van der Waals surface area (Å²) in [6.07, 6.45) is 2.55. The van der Waals surface area contributed by atoms with Crippen molar-refractivity contribution in [1.29, 1.82) is 0 Å². The molecule has 66 valence electrons. The lowest BCUT2D eigenvalue weighted by Gasteiger charge is -2.03. The van der Waals surface area contributed by atoms with Crippen molar-refractivity contribution in [1.82, 2.24) is 4.98 Å². The fourth-order valence-corrected chi connectivity index (χ4v) is 1.04. The number of rotatable bonds is 4. The molecule has 3 nitrogen and oxygen atoms in total. The molecule has 0 fully saturated rings. The van der Waals surface area contributed by atoms with E-state index in [2.05, 4.69) is 20.9 Å². The largest absolute Gasteiger partial charge is 0.478 e. The van der Waals surface area contributed by atoms with E-state index in [1.165, 1.54) is 0 Å². The van der Waals surface area contributed by atoms with E-state index < -0.39 is 0 Å². The number of aromatic nitrogens is 1. The molecule has 0 atom stereocenters. The SMILES string of the molecule is NCCCOc1cc(Br)ccn1. The molecule has 0 spiro atoms. The Morgan fingerprint density at radius 2 is 2.42 bits per heavy atom. The molecular weight excluding hydrogens is 220 g/mol. The van der Waals surface area contributed by atoms with Crippen LogP contribution < -0.4 is 10.5 Å². The normalized spacial score (nSPS) is 9.83. The van der Waals surface area contributed by atoms with E-state index in [0.29, 0.717) is 19.0 Å². The molecule has 1 aromatic heterocycles. The van der Waals surface area contributed by atoms with Gasteiger partial charge < -0.3 is 10.5 Å². The Labute approximate surface area is 80.1 Å². The quantitative estimate of drug-likeness (QED) is 0.800. The van der Waals surface area contributed by atoms with Crippen molar-refractivity contribution in [2.24, 2.45) is 5.73 Å². The maximum Gasteiger partial charge on any atom is 0.214 e. The van der Waals surface area contributed by atoms with Crippen LogP contribution in [0.4, 0.5) is 0 Å². The highest BCUT2D eigenvalue weighted by atomic mass is 79.9. The minimum atomic E-state index is 0.625. The number of nitrogens with zero attached hydrogens (tertiary/aromatic N) is 1. The Hall–Kier alpha value is -0.610. The van der Waals surface area contributed by atoms with Crippen LogP contribution in [0, 0.1) is 0 Å². The van der Waals surface area contributed by atoms with Crippen molar-refractivity contribution in [2.75, 3.05) is 13.2 Å². The second-order valence-corrected chi connectivity index (χ2v) is 3.22. The van der Waals surface area contributed by atoms with Gasteiger partial charge in [0, 0.05) is 16.7 Å². The summed E-state index contributed by atoms with van der Waals surface area (Å²) in [7, 11) is 0. The molecule has 0 amide bonds. The van der Waals surface area contributed by atoms with Crippen molar-refractivity contribution >= 4 is 15.9 Å². The lowest BCUT2D eigenvalue weighted by molar-refractivity contribution is 0.301. The van der Waals surface area contributed by atoms with E-state index in [4.69, 9.17) is 10.5 Å². The molecule has 4 heteroatoms. The first-order valence-electron chi connectivity index (χ1n) is 3.77. The Bertz CT molecular complexity index is 242. The highest BCUT2D eigenvalue weighted by molar-refractivity contribution is 9.10. The Morgan fingerprint density at radius 1 is 1.58 bits per heavy atom. The lowest BCUT2D eigenvalue weighted by atomic mass is 10.4. The molecule has 0 radical (unpaired) electrons. The molecule has 0 saturated heterocycles. The molecule has 0 bridgehead atoms. The van der Waals surface area contributed by atoms with Crippen LogP contribution >= 0.6 is 15.9 Å². The van der Waals surface area contributed by atoms with Crippen LogP contribution in [0.15, 0.2) is 22.8 Å². The topological polar surface area (TPSA) is 48.1 Å². The minimum Gasteiger partial charge on any atom is -0.478 e. The van der Waals surface area contributed by atoms with Crippen LogP contribution in [-0.4, -0.2) is 18.1 Å². The van der Waals surface area contributed by atoms with E-state index in [1.807, 2.05) is 12.1 Å². The zero-order valence-electron chi connectivity index (χ0n) is 6.66. The summed E-state index contributed by atoms with van der Waals surface area (Å²) in [6.45, 7) is 1.27. The molecule has 12 heavy (non-hydrogen) atoms. The number of ether oxygens (including phenoxy) is 1. The van der Waals surface area contributed by atoms with Gasteiger partial charge in [0.2, 0.25) is 5.88 Å². The lowest BCUT2D eigenvalue weighted by Crippen LogP contribution is -2.06. The van der Waals surface area contributed by atoms with Gasteiger partial charge in [-0.15, -0.1) is 0 Å². The smallest absolute Gasteiger partial charge is 0.214 e. The molecule has 1 rings (SSSR count). The fourth-order valence-electron chi connectivity index (χ4n) is 0.724. The zero-order chi connectivity index (χ0) is 8.81. The maximum atomic E-state index is 5.31. The number of halogens is 1. The van der Waals surface area contributed by atoms with Gasteiger partial charge in [-0.25, -0.2) is 4.98 Å². The van der Waals surface area contributed by atoms with Gasteiger partial charge in [-0.3, -0.25) is 0 Å². The van der Waals surface area contributed by atoms with Gasteiger partial charge in [-0.2, -0.15) is 0 Å². The highest BCUT2D eigenvalue weighted by Crippen LogP contribution is 2.14. The van der Waals surface area contributed by atoms with Gasteiger partial charge >= 0.3 is 0 Å². The van der Waals surface area contributed by atoms with E-state index in [9.17, 15) is 0 Å². The molecule has 2 N–H and O–H groups in total. The summed E-state index contributed by atoms with van der Waals surface area (Å²) in [5.74, 6) is 0.637. The first-order chi connectivity index (χ1) is 5.83. The van der Waals surface area contributed by atoms with Gasteiger partial charge in [0.05, 0.1) is 6.61 Å². The Kier molecular flexibility index (Phi) is 4.04. The molecule has 1 aromatic rings. The zero-order valence-corrected chi connectivity index (χ0v) is 8.25. The third kappa shape index (κ3) is 3.19. The first kappa shape index (κ1) is 9.48. The van der Waals surface area contributed by atoms with Gasteiger partial charge in [0.25, 0.3) is 0 Å². The van der Waals surface area contributed by atoms with Crippen LogP contribution in [0.2, 0.25) is 0 Å². The van der Waals surface area contributed by atoms with Gasteiger partial charge in [0.15, 0.2) is 0 Å². The highest BCUT2D eigenvalue weighted by Gasteiger charge is 1.94. The van der Waals surface area contributed by atoms with E-state index in [1.54, 1.807) is 6.20 Å². The van der Waals surface area contributed by atoms with Gasteiger partial charge in [-0.05, 0) is 19.0 Å². The van der Waals surface area contributed by atoms with Crippen molar-refractivity contribution < 1.29 is 4.74 Å². The average molecular weight is 231 g/mol. The summed E-state index contributed by atoms with van der Waals surface area (Å²) < 4.78 is 6.28. The Morgan fingerprint density at radius 3 is 3.08 bits per heavy atom.